The molecule has 2 rings (SSSR count). The van der Waals surface area contributed by atoms with Crippen LogP contribution in [-0.2, 0) is 22.6 Å². The van der Waals surface area contributed by atoms with Gasteiger partial charge in [0.15, 0.2) is 5.82 Å². The van der Waals surface area contributed by atoms with E-state index in [0.717, 1.165) is 12.8 Å². The summed E-state index contributed by atoms with van der Waals surface area (Å²) < 4.78 is 9.89. The zero-order valence-electron chi connectivity index (χ0n) is 10.9. The van der Waals surface area contributed by atoms with Gasteiger partial charge in [-0.2, -0.15) is 4.98 Å². The van der Waals surface area contributed by atoms with Crippen molar-refractivity contribution in [1.29, 1.82) is 0 Å². The Labute approximate surface area is 106 Å². The van der Waals surface area contributed by atoms with Crippen LogP contribution in [0, 0.1) is 5.92 Å². The molecule has 0 radical (unpaired) electrons. The first-order chi connectivity index (χ1) is 8.70. The second-order valence-electron chi connectivity index (χ2n) is 4.67. The summed E-state index contributed by atoms with van der Waals surface area (Å²) in [6.07, 6.45) is 3.85. The van der Waals surface area contributed by atoms with Crippen molar-refractivity contribution < 1.29 is 14.1 Å². The fourth-order valence-electron chi connectivity index (χ4n) is 1.92. The van der Waals surface area contributed by atoms with Crippen LogP contribution in [0.25, 0.3) is 0 Å². The third kappa shape index (κ3) is 3.07. The molecule has 1 heterocycles. The number of ether oxygens (including phenoxy) is 1. The summed E-state index contributed by atoms with van der Waals surface area (Å²) >= 11 is 0. The molecule has 0 saturated heterocycles. The lowest BCUT2D eigenvalue weighted by Gasteiger charge is -2.28. The van der Waals surface area contributed by atoms with Crippen molar-refractivity contribution in [3.8, 4) is 0 Å². The summed E-state index contributed by atoms with van der Waals surface area (Å²) in [6.45, 7) is 0.950. The Morgan fingerprint density at radius 3 is 2.94 bits per heavy atom. The van der Waals surface area contributed by atoms with Gasteiger partial charge in [-0.3, -0.25) is 4.79 Å². The number of nitrogens with zero attached hydrogens (tertiary/aromatic N) is 3. The lowest BCUT2D eigenvalue weighted by molar-refractivity contribution is -0.136. The Bertz CT molecular complexity index is 401. The van der Waals surface area contributed by atoms with Crippen LogP contribution in [-0.4, -0.2) is 41.6 Å². The van der Waals surface area contributed by atoms with Crippen molar-refractivity contribution in [2.24, 2.45) is 5.92 Å². The van der Waals surface area contributed by atoms with Gasteiger partial charge in [0.2, 0.25) is 5.91 Å². The monoisotopic (exact) mass is 253 g/mol. The van der Waals surface area contributed by atoms with Crippen LogP contribution in [0.4, 0.5) is 0 Å². The molecule has 1 saturated carbocycles. The van der Waals surface area contributed by atoms with Gasteiger partial charge >= 0.3 is 0 Å². The van der Waals surface area contributed by atoms with Gasteiger partial charge in [0, 0.05) is 33.0 Å². The first-order valence-electron chi connectivity index (χ1n) is 6.26. The second kappa shape index (κ2) is 5.95. The highest BCUT2D eigenvalue weighted by Crippen LogP contribution is 2.27. The third-order valence-corrected chi connectivity index (χ3v) is 3.28. The smallest absolute Gasteiger partial charge is 0.252 e. The van der Waals surface area contributed by atoms with Crippen LogP contribution in [0.2, 0.25) is 0 Å². The molecule has 0 N–H and O–H groups in total. The van der Waals surface area contributed by atoms with Crippen molar-refractivity contribution >= 4 is 5.91 Å². The molecule has 0 aliphatic heterocycles. The van der Waals surface area contributed by atoms with Crippen LogP contribution >= 0.6 is 0 Å². The highest BCUT2D eigenvalue weighted by molar-refractivity contribution is 5.79. The molecule has 1 aromatic heterocycles. The highest BCUT2D eigenvalue weighted by atomic mass is 16.5. The summed E-state index contributed by atoms with van der Waals surface area (Å²) in [6, 6.07) is 0. The lowest BCUT2D eigenvalue weighted by atomic mass is 9.84. The van der Waals surface area contributed by atoms with E-state index in [9.17, 15) is 4.79 Å². The predicted molar refractivity (Wildman–Crippen MR) is 63.7 cm³/mol. The number of hydrogen-bond donors (Lipinski definition) is 0. The maximum Gasteiger partial charge on any atom is 0.252 e. The molecule has 1 aliphatic carbocycles. The molecule has 1 amide bonds. The molecule has 0 aromatic carbocycles. The van der Waals surface area contributed by atoms with Crippen LogP contribution < -0.4 is 0 Å². The number of amides is 1. The summed E-state index contributed by atoms with van der Waals surface area (Å²) in [5.41, 5.74) is 0. The maximum absolute atomic E-state index is 11.9. The number of rotatable bonds is 6. The summed E-state index contributed by atoms with van der Waals surface area (Å²) in [5.74, 6) is 1.57. The molecule has 0 atom stereocenters. The average molecular weight is 253 g/mol. The second-order valence-corrected chi connectivity index (χ2v) is 4.67. The van der Waals surface area contributed by atoms with Crippen LogP contribution in [0.15, 0.2) is 4.52 Å². The van der Waals surface area contributed by atoms with E-state index in [1.807, 2.05) is 7.05 Å². The van der Waals surface area contributed by atoms with E-state index in [-0.39, 0.29) is 11.8 Å². The van der Waals surface area contributed by atoms with Gasteiger partial charge in [0.05, 0.1) is 0 Å². The van der Waals surface area contributed by atoms with Crippen molar-refractivity contribution in [3.63, 3.8) is 0 Å². The highest BCUT2D eigenvalue weighted by Gasteiger charge is 2.27. The summed E-state index contributed by atoms with van der Waals surface area (Å²) in [5, 5.41) is 3.84. The summed E-state index contributed by atoms with van der Waals surface area (Å²) in [7, 11) is 3.41. The fourth-order valence-corrected chi connectivity index (χ4v) is 1.92. The molecule has 18 heavy (non-hydrogen) atoms. The number of methoxy groups -OCH3 is 1. The van der Waals surface area contributed by atoms with E-state index < -0.39 is 0 Å². The van der Waals surface area contributed by atoms with Crippen molar-refractivity contribution in [3.05, 3.63) is 11.7 Å². The quantitative estimate of drug-likeness (QED) is 0.757. The number of carbonyl (C=O) groups is 1. The first-order valence-corrected chi connectivity index (χ1v) is 6.26. The molecule has 0 bridgehead atoms. The van der Waals surface area contributed by atoms with E-state index in [4.69, 9.17) is 9.26 Å². The standard InChI is InChI=1S/C12H19N3O3/c1-15(12(16)9-4-3-5-9)7-6-10-13-11(8-17-2)18-14-10/h9H,3-8H2,1-2H3. The minimum absolute atomic E-state index is 0.238. The zero-order chi connectivity index (χ0) is 13.0. The number of aromatic nitrogens is 2. The average Bonchev–Trinajstić information content (AvgIpc) is 2.72. The molecule has 1 aliphatic rings. The largest absolute Gasteiger partial charge is 0.375 e. The molecular formula is C12H19N3O3. The maximum atomic E-state index is 11.9. The Balaban J connectivity index is 1.77. The molecule has 100 valence electrons. The van der Waals surface area contributed by atoms with Gasteiger partial charge in [-0.25, -0.2) is 0 Å². The number of likely N-dealkylation sites (N-methyl/N-ethyl adjacent to an activating group) is 1. The Hall–Kier alpha value is -1.43. The molecule has 1 aromatic rings. The number of carbonyl (C=O) groups excluding carboxylic acids is 1. The van der Waals surface area contributed by atoms with Crippen LogP contribution in [0.1, 0.15) is 31.0 Å². The Morgan fingerprint density at radius 1 is 1.56 bits per heavy atom. The molecule has 6 nitrogen and oxygen atoms in total. The SMILES string of the molecule is COCc1nc(CCN(C)C(=O)C2CCC2)no1. The van der Waals surface area contributed by atoms with Crippen LogP contribution in [0.5, 0.6) is 0 Å². The molecule has 0 unspecified atom stereocenters. The fraction of sp³-hybridized carbons (Fsp3) is 0.750. The van der Waals surface area contributed by atoms with Gasteiger partial charge < -0.3 is 14.2 Å². The van der Waals surface area contributed by atoms with Gasteiger partial charge in [-0.05, 0) is 12.8 Å². The van der Waals surface area contributed by atoms with E-state index in [1.54, 1.807) is 12.0 Å². The topological polar surface area (TPSA) is 68.5 Å². The van der Waals surface area contributed by atoms with E-state index in [1.165, 1.54) is 6.42 Å². The van der Waals surface area contributed by atoms with E-state index >= 15 is 0 Å². The zero-order valence-corrected chi connectivity index (χ0v) is 10.9. The van der Waals surface area contributed by atoms with Crippen LogP contribution in [0.3, 0.4) is 0 Å². The minimum Gasteiger partial charge on any atom is -0.375 e. The molecule has 0 spiro atoms. The van der Waals surface area contributed by atoms with Crippen molar-refractivity contribution in [2.45, 2.75) is 32.3 Å². The first kappa shape index (κ1) is 13.0. The van der Waals surface area contributed by atoms with Gasteiger partial charge in [-0.1, -0.05) is 11.6 Å². The normalized spacial score (nSPS) is 15.4. The third-order valence-electron chi connectivity index (χ3n) is 3.28. The lowest BCUT2D eigenvalue weighted by Crippen LogP contribution is -2.37. The molecule has 1 fully saturated rings. The Kier molecular flexibility index (Phi) is 4.30. The van der Waals surface area contributed by atoms with Gasteiger partial charge in [-0.15, -0.1) is 0 Å². The molecular weight excluding hydrogens is 234 g/mol. The predicted octanol–water partition coefficient (Wildman–Crippen LogP) is 1.02. The van der Waals surface area contributed by atoms with Crippen molar-refractivity contribution in [1.82, 2.24) is 15.0 Å². The number of hydrogen-bond acceptors (Lipinski definition) is 5. The molecule has 6 heteroatoms. The van der Waals surface area contributed by atoms with E-state index in [2.05, 4.69) is 10.1 Å². The summed E-state index contributed by atoms with van der Waals surface area (Å²) in [4.78, 5) is 17.8. The Morgan fingerprint density at radius 2 is 2.33 bits per heavy atom. The minimum atomic E-state index is 0.238. The van der Waals surface area contributed by atoms with Gasteiger partial charge in [0.1, 0.15) is 6.61 Å². The van der Waals surface area contributed by atoms with E-state index in [0.29, 0.717) is 31.3 Å². The van der Waals surface area contributed by atoms with Crippen molar-refractivity contribution in [2.75, 3.05) is 20.7 Å². The van der Waals surface area contributed by atoms with Gasteiger partial charge in [0.25, 0.3) is 5.89 Å².